The van der Waals surface area contributed by atoms with Gasteiger partial charge in [-0.3, -0.25) is 0 Å². The average Bonchev–Trinajstić information content (AvgIpc) is 2.39. The fraction of sp³-hybridized carbons (Fsp3) is 0.154. The molecule has 4 heteroatoms. The van der Waals surface area contributed by atoms with Crippen LogP contribution in [0.25, 0.3) is 10.8 Å². The lowest BCUT2D eigenvalue weighted by atomic mass is 10.1. The minimum absolute atomic E-state index is 0.594. The Morgan fingerprint density at radius 1 is 1.12 bits per heavy atom. The van der Waals surface area contributed by atoms with Crippen molar-refractivity contribution >= 4 is 45.2 Å². The normalized spacial score (nSPS) is 12.0. The number of hydrogen-bond acceptors (Lipinski definition) is 3. The molecule has 0 amide bonds. The van der Waals surface area contributed by atoms with Gasteiger partial charge in [-0.25, -0.2) is 4.99 Å². The molecule has 0 atom stereocenters. The Labute approximate surface area is 110 Å². The summed E-state index contributed by atoms with van der Waals surface area (Å²) in [6.45, 7) is 0. The first-order chi connectivity index (χ1) is 8.26. The third-order valence-corrected chi connectivity index (χ3v) is 3.79. The van der Waals surface area contributed by atoms with Crippen LogP contribution in [0.4, 0.5) is 5.69 Å². The molecule has 0 aliphatic carbocycles. The largest absolute Gasteiger partial charge is 0.378 e. The molecule has 88 valence electrons. The van der Waals surface area contributed by atoms with Gasteiger partial charge in [-0.1, -0.05) is 42.1 Å². The fourth-order valence-electron chi connectivity index (χ4n) is 1.67. The number of nitrogens with zero attached hydrogens (tertiary/aromatic N) is 1. The molecule has 0 heterocycles. The van der Waals surface area contributed by atoms with Crippen molar-refractivity contribution < 1.29 is 0 Å². The van der Waals surface area contributed by atoms with Crippen LogP contribution in [0.5, 0.6) is 0 Å². The monoisotopic (exact) mass is 262 g/mol. The van der Waals surface area contributed by atoms with Crippen molar-refractivity contribution in [3.63, 3.8) is 0 Å². The maximum absolute atomic E-state index is 5.82. The molecular weight excluding hydrogens is 248 g/mol. The summed E-state index contributed by atoms with van der Waals surface area (Å²) < 4.78 is 0. The van der Waals surface area contributed by atoms with E-state index < -0.39 is 0 Å². The molecule has 17 heavy (non-hydrogen) atoms. The zero-order valence-corrected chi connectivity index (χ0v) is 11.4. The quantitative estimate of drug-likeness (QED) is 0.507. The Kier molecular flexibility index (Phi) is 3.97. The third kappa shape index (κ3) is 2.58. The molecule has 2 aromatic rings. The van der Waals surface area contributed by atoms with Gasteiger partial charge in [0, 0.05) is 10.3 Å². The summed E-state index contributed by atoms with van der Waals surface area (Å²) >= 11 is 3.16. The Morgan fingerprint density at radius 2 is 1.88 bits per heavy atom. The van der Waals surface area contributed by atoms with E-state index in [1.165, 1.54) is 17.1 Å². The van der Waals surface area contributed by atoms with Gasteiger partial charge in [-0.05, 0) is 24.0 Å². The van der Waals surface area contributed by atoms with Crippen molar-refractivity contribution in [2.24, 2.45) is 10.7 Å². The summed E-state index contributed by atoms with van der Waals surface area (Å²) in [5, 5.41) is 2.94. The molecule has 0 aliphatic rings. The summed E-state index contributed by atoms with van der Waals surface area (Å²) in [4.78, 5) is 5.67. The van der Waals surface area contributed by atoms with Crippen molar-refractivity contribution in [3.05, 3.63) is 36.4 Å². The van der Waals surface area contributed by atoms with Gasteiger partial charge in [0.2, 0.25) is 0 Å². The van der Waals surface area contributed by atoms with E-state index in [-0.39, 0.29) is 0 Å². The second-order valence-corrected chi connectivity index (χ2v) is 5.17. The number of benzene rings is 2. The maximum Gasteiger partial charge on any atom is 0.158 e. The third-order valence-electron chi connectivity index (χ3n) is 2.51. The average molecular weight is 262 g/mol. The number of aliphatic imine (C=N–C) groups is 1. The first-order valence-electron chi connectivity index (χ1n) is 5.20. The molecule has 0 bridgehead atoms. The van der Waals surface area contributed by atoms with Crippen LogP contribution in [0.3, 0.4) is 0 Å². The minimum atomic E-state index is 0.594. The van der Waals surface area contributed by atoms with E-state index in [1.807, 2.05) is 18.4 Å². The number of nitrogens with two attached hydrogens (primary N) is 1. The fourth-order valence-corrected chi connectivity index (χ4v) is 2.41. The molecule has 0 spiro atoms. The highest BCUT2D eigenvalue weighted by atomic mass is 32.2. The van der Waals surface area contributed by atoms with Crippen LogP contribution >= 0.6 is 23.5 Å². The zero-order valence-electron chi connectivity index (χ0n) is 9.81. The molecule has 2 aromatic carbocycles. The second kappa shape index (κ2) is 5.47. The van der Waals surface area contributed by atoms with Gasteiger partial charge >= 0.3 is 0 Å². The maximum atomic E-state index is 5.82. The van der Waals surface area contributed by atoms with Crippen molar-refractivity contribution in [1.29, 1.82) is 0 Å². The van der Waals surface area contributed by atoms with E-state index >= 15 is 0 Å². The molecule has 0 aromatic heterocycles. The van der Waals surface area contributed by atoms with E-state index in [4.69, 9.17) is 5.73 Å². The number of thioether (sulfide) groups is 2. The summed E-state index contributed by atoms with van der Waals surface area (Å²) in [6.07, 6.45) is 3.99. The Hall–Kier alpha value is -1.13. The van der Waals surface area contributed by atoms with Gasteiger partial charge in [0.1, 0.15) is 0 Å². The second-order valence-electron chi connectivity index (χ2n) is 3.49. The Bertz CT molecular complexity index is 564. The Morgan fingerprint density at radius 3 is 2.59 bits per heavy atom. The number of hydrogen-bond donors (Lipinski definition) is 1. The van der Waals surface area contributed by atoms with Crippen LogP contribution in [0, 0.1) is 0 Å². The molecule has 0 saturated carbocycles. The van der Waals surface area contributed by atoms with E-state index in [0.29, 0.717) is 5.17 Å². The number of rotatable bonds is 2. The summed E-state index contributed by atoms with van der Waals surface area (Å²) in [6, 6.07) is 12.5. The van der Waals surface area contributed by atoms with Crippen LogP contribution in [-0.4, -0.2) is 17.7 Å². The van der Waals surface area contributed by atoms with Crippen LogP contribution in [0.1, 0.15) is 0 Å². The highest BCUT2D eigenvalue weighted by Crippen LogP contribution is 2.35. The SMILES string of the molecule is CSC(N)=Nc1c(SC)ccc2ccccc12. The smallest absolute Gasteiger partial charge is 0.158 e. The van der Waals surface area contributed by atoms with E-state index in [1.54, 1.807) is 11.8 Å². The summed E-state index contributed by atoms with van der Waals surface area (Å²) in [5.41, 5.74) is 6.80. The molecule has 2 rings (SSSR count). The standard InChI is InChI=1S/C13H14N2S2/c1-16-11-8-7-9-5-3-4-6-10(9)12(11)15-13(14)17-2/h3-8H,1-2H3,(H2,14,15). The number of fused-ring (bicyclic) bond motifs is 1. The van der Waals surface area contributed by atoms with Gasteiger partial charge in [0.05, 0.1) is 5.69 Å². The lowest BCUT2D eigenvalue weighted by Gasteiger charge is -2.07. The minimum Gasteiger partial charge on any atom is -0.378 e. The number of amidine groups is 1. The first kappa shape index (κ1) is 12.3. The van der Waals surface area contributed by atoms with E-state index in [0.717, 1.165) is 16.0 Å². The van der Waals surface area contributed by atoms with Gasteiger partial charge in [0.25, 0.3) is 0 Å². The predicted octanol–water partition coefficient (Wildman–Crippen LogP) is 3.87. The van der Waals surface area contributed by atoms with E-state index in [9.17, 15) is 0 Å². The van der Waals surface area contributed by atoms with Crippen LogP contribution in [0.15, 0.2) is 46.3 Å². The van der Waals surface area contributed by atoms with Crippen molar-refractivity contribution in [3.8, 4) is 0 Å². The van der Waals surface area contributed by atoms with Crippen molar-refractivity contribution in [1.82, 2.24) is 0 Å². The zero-order chi connectivity index (χ0) is 12.3. The molecule has 0 saturated heterocycles. The van der Waals surface area contributed by atoms with Crippen LogP contribution in [-0.2, 0) is 0 Å². The first-order valence-corrected chi connectivity index (χ1v) is 7.65. The van der Waals surface area contributed by atoms with Crippen LogP contribution < -0.4 is 5.73 Å². The molecule has 0 fully saturated rings. The van der Waals surface area contributed by atoms with E-state index in [2.05, 4.69) is 35.5 Å². The topological polar surface area (TPSA) is 38.4 Å². The molecule has 0 unspecified atom stereocenters. The highest BCUT2D eigenvalue weighted by molar-refractivity contribution is 8.13. The summed E-state index contributed by atoms with van der Waals surface area (Å²) in [7, 11) is 0. The highest BCUT2D eigenvalue weighted by Gasteiger charge is 2.06. The molecule has 0 aliphatic heterocycles. The lowest BCUT2D eigenvalue weighted by Crippen LogP contribution is -2.04. The van der Waals surface area contributed by atoms with Crippen molar-refractivity contribution in [2.45, 2.75) is 4.90 Å². The van der Waals surface area contributed by atoms with Gasteiger partial charge < -0.3 is 5.73 Å². The van der Waals surface area contributed by atoms with Crippen molar-refractivity contribution in [2.75, 3.05) is 12.5 Å². The molecular formula is C13H14N2S2. The lowest BCUT2D eigenvalue weighted by molar-refractivity contribution is 1.41. The molecule has 0 radical (unpaired) electrons. The Balaban J connectivity index is 2.71. The summed E-state index contributed by atoms with van der Waals surface area (Å²) in [5.74, 6) is 0. The molecule has 2 N–H and O–H groups in total. The van der Waals surface area contributed by atoms with Gasteiger partial charge in [-0.2, -0.15) is 0 Å². The van der Waals surface area contributed by atoms with Crippen LogP contribution in [0.2, 0.25) is 0 Å². The predicted molar refractivity (Wildman–Crippen MR) is 80.5 cm³/mol. The van der Waals surface area contributed by atoms with Gasteiger partial charge in [0.15, 0.2) is 5.17 Å². The van der Waals surface area contributed by atoms with Gasteiger partial charge in [-0.15, -0.1) is 11.8 Å². The molecule has 2 nitrogen and oxygen atoms in total.